The van der Waals surface area contributed by atoms with Gasteiger partial charge < -0.3 is 0 Å². The van der Waals surface area contributed by atoms with Crippen molar-refractivity contribution in [3.05, 3.63) is 17.5 Å². The predicted octanol–water partition coefficient (Wildman–Crippen LogP) is 2.37. The summed E-state index contributed by atoms with van der Waals surface area (Å²) < 4.78 is 0. The molecule has 0 saturated carbocycles. The van der Waals surface area contributed by atoms with Crippen LogP contribution in [0.3, 0.4) is 0 Å². The Kier molecular flexibility index (Phi) is 2.86. The van der Waals surface area contributed by atoms with E-state index in [4.69, 9.17) is 0 Å². The SMILES string of the molecule is CC(=O)c1[nH]ncc1C(C)C(C)C. The Balaban J connectivity index is 3.00. The first-order chi connectivity index (χ1) is 6.04. The highest BCUT2D eigenvalue weighted by Crippen LogP contribution is 2.25. The van der Waals surface area contributed by atoms with E-state index in [1.807, 2.05) is 0 Å². The van der Waals surface area contributed by atoms with Crippen molar-refractivity contribution in [2.45, 2.75) is 33.6 Å². The highest BCUT2D eigenvalue weighted by atomic mass is 16.1. The van der Waals surface area contributed by atoms with Gasteiger partial charge in [-0.25, -0.2) is 0 Å². The second kappa shape index (κ2) is 3.73. The monoisotopic (exact) mass is 180 g/mol. The number of carbonyl (C=O) groups is 1. The Bertz CT molecular complexity index is 302. The molecule has 0 aliphatic carbocycles. The average molecular weight is 180 g/mol. The summed E-state index contributed by atoms with van der Waals surface area (Å²) in [6, 6.07) is 0. The fourth-order valence-corrected chi connectivity index (χ4v) is 1.28. The van der Waals surface area contributed by atoms with Crippen LogP contribution in [0.15, 0.2) is 6.20 Å². The van der Waals surface area contributed by atoms with E-state index in [-0.39, 0.29) is 5.78 Å². The van der Waals surface area contributed by atoms with Gasteiger partial charge in [-0.2, -0.15) is 5.10 Å². The van der Waals surface area contributed by atoms with Crippen molar-refractivity contribution in [1.29, 1.82) is 0 Å². The van der Waals surface area contributed by atoms with Gasteiger partial charge in [-0.05, 0) is 11.8 Å². The summed E-state index contributed by atoms with van der Waals surface area (Å²) in [4.78, 5) is 11.2. The van der Waals surface area contributed by atoms with Gasteiger partial charge in [0.25, 0.3) is 0 Å². The molecule has 1 aromatic rings. The van der Waals surface area contributed by atoms with Crippen molar-refractivity contribution in [1.82, 2.24) is 10.2 Å². The number of H-pyrrole nitrogens is 1. The van der Waals surface area contributed by atoms with Crippen LogP contribution in [0.5, 0.6) is 0 Å². The van der Waals surface area contributed by atoms with Crippen LogP contribution in [0.4, 0.5) is 0 Å². The molecule has 0 aromatic carbocycles. The minimum Gasteiger partial charge on any atom is -0.293 e. The van der Waals surface area contributed by atoms with E-state index in [0.717, 1.165) is 5.56 Å². The van der Waals surface area contributed by atoms with Crippen molar-refractivity contribution >= 4 is 5.78 Å². The Morgan fingerprint density at radius 3 is 2.54 bits per heavy atom. The van der Waals surface area contributed by atoms with E-state index in [1.165, 1.54) is 0 Å². The van der Waals surface area contributed by atoms with Crippen LogP contribution in [0.2, 0.25) is 0 Å². The van der Waals surface area contributed by atoms with Gasteiger partial charge in [0.15, 0.2) is 5.78 Å². The van der Waals surface area contributed by atoms with Crippen molar-refractivity contribution in [3.63, 3.8) is 0 Å². The summed E-state index contributed by atoms with van der Waals surface area (Å²) in [6.07, 6.45) is 1.75. The van der Waals surface area contributed by atoms with Crippen molar-refractivity contribution in [2.24, 2.45) is 5.92 Å². The number of nitrogens with zero attached hydrogens (tertiary/aromatic N) is 1. The van der Waals surface area contributed by atoms with E-state index in [2.05, 4.69) is 31.0 Å². The molecule has 72 valence electrons. The molecule has 3 nitrogen and oxygen atoms in total. The summed E-state index contributed by atoms with van der Waals surface area (Å²) in [5.41, 5.74) is 1.68. The van der Waals surface area contributed by atoms with E-state index < -0.39 is 0 Å². The van der Waals surface area contributed by atoms with Gasteiger partial charge in [0.05, 0.1) is 6.20 Å². The normalized spacial score (nSPS) is 13.3. The van der Waals surface area contributed by atoms with E-state index in [1.54, 1.807) is 13.1 Å². The maximum absolute atomic E-state index is 11.2. The third-order valence-corrected chi connectivity index (χ3v) is 2.51. The van der Waals surface area contributed by atoms with E-state index in [0.29, 0.717) is 17.5 Å². The molecule has 1 N–H and O–H groups in total. The summed E-state index contributed by atoms with van der Waals surface area (Å²) in [7, 11) is 0. The number of aromatic amines is 1. The lowest BCUT2D eigenvalue weighted by Crippen LogP contribution is -2.06. The van der Waals surface area contributed by atoms with Gasteiger partial charge in [0.2, 0.25) is 0 Å². The van der Waals surface area contributed by atoms with Crippen LogP contribution in [-0.4, -0.2) is 16.0 Å². The van der Waals surface area contributed by atoms with Gasteiger partial charge in [0, 0.05) is 12.5 Å². The first-order valence-electron chi connectivity index (χ1n) is 4.58. The summed E-state index contributed by atoms with van der Waals surface area (Å²) in [5.74, 6) is 0.952. The molecule has 13 heavy (non-hydrogen) atoms. The summed E-state index contributed by atoms with van der Waals surface area (Å²) in [6.45, 7) is 7.95. The molecule has 0 aliphatic rings. The number of rotatable bonds is 3. The molecule has 0 saturated heterocycles. The first-order valence-corrected chi connectivity index (χ1v) is 4.58. The molecule has 1 rings (SSSR count). The zero-order chi connectivity index (χ0) is 10.0. The first kappa shape index (κ1) is 9.96. The molecule has 0 radical (unpaired) electrons. The Hall–Kier alpha value is -1.12. The fourth-order valence-electron chi connectivity index (χ4n) is 1.28. The number of nitrogens with one attached hydrogen (secondary N) is 1. The van der Waals surface area contributed by atoms with Gasteiger partial charge in [-0.1, -0.05) is 20.8 Å². The number of hydrogen-bond acceptors (Lipinski definition) is 2. The molecule has 3 heteroatoms. The van der Waals surface area contributed by atoms with E-state index >= 15 is 0 Å². The Morgan fingerprint density at radius 1 is 1.46 bits per heavy atom. The number of hydrogen-bond donors (Lipinski definition) is 1. The molecule has 0 amide bonds. The maximum atomic E-state index is 11.2. The highest BCUT2D eigenvalue weighted by Gasteiger charge is 2.17. The van der Waals surface area contributed by atoms with Crippen molar-refractivity contribution in [3.8, 4) is 0 Å². The fraction of sp³-hybridized carbons (Fsp3) is 0.600. The zero-order valence-electron chi connectivity index (χ0n) is 8.59. The minimum absolute atomic E-state index is 0.0556. The van der Waals surface area contributed by atoms with E-state index in [9.17, 15) is 4.79 Å². The van der Waals surface area contributed by atoms with Gasteiger partial charge in [0.1, 0.15) is 5.69 Å². The Morgan fingerprint density at radius 2 is 2.08 bits per heavy atom. The number of Topliss-reactive ketones (excluding diaryl/α,β-unsaturated/α-hetero) is 1. The number of aromatic nitrogens is 2. The number of carbonyl (C=O) groups excluding carboxylic acids is 1. The quantitative estimate of drug-likeness (QED) is 0.726. The van der Waals surface area contributed by atoms with Crippen LogP contribution in [0, 0.1) is 5.92 Å². The van der Waals surface area contributed by atoms with Crippen LogP contribution in [0.25, 0.3) is 0 Å². The van der Waals surface area contributed by atoms with Crippen molar-refractivity contribution < 1.29 is 4.79 Å². The standard InChI is InChI=1S/C10H16N2O/c1-6(2)7(3)9-5-11-12-10(9)8(4)13/h5-7H,1-4H3,(H,11,12). The molecule has 0 spiro atoms. The van der Waals surface area contributed by atoms with Crippen LogP contribution in [-0.2, 0) is 0 Å². The van der Waals surface area contributed by atoms with Crippen LogP contribution < -0.4 is 0 Å². The van der Waals surface area contributed by atoms with Gasteiger partial charge in [-0.3, -0.25) is 9.89 Å². The molecule has 0 fully saturated rings. The summed E-state index contributed by atoms with van der Waals surface area (Å²) in [5, 5.41) is 6.64. The van der Waals surface area contributed by atoms with Crippen molar-refractivity contribution in [2.75, 3.05) is 0 Å². The molecule has 1 atom stereocenters. The Labute approximate surface area is 78.5 Å². The smallest absolute Gasteiger partial charge is 0.177 e. The minimum atomic E-state index is 0.0556. The maximum Gasteiger partial charge on any atom is 0.177 e. The number of ketones is 1. The van der Waals surface area contributed by atoms with Crippen LogP contribution >= 0.6 is 0 Å². The highest BCUT2D eigenvalue weighted by molar-refractivity contribution is 5.93. The van der Waals surface area contributed by atoms with Gasteiger partial charge in [-0.15, -0.1) is 0 Å². The van der Waals surface area contributed by atoms with Crippen LogP contribution in [0.1, 0.15) is 49.7 Å². The van der Waals surface area contributed by atoms with Gasteiger partial charge >= 0.3 is 0 Å². The molecule has 1 aromatic heterocycles. The molecule has 0 bridgehead atoms. The largest absolute Gasteiger partial charge is 0.293 e. The molecule has 1 heterocycles. The topological polar surface area (TPSA) is 45.8 Å². The average Bonchev–Trinajstić information content (AvgIpc) is 2.50. The molecule has 1 unspecified atom stereocenters. The lowest BCUT2D eigenvalue weighted by Gasteiger charge is -2.14. The second-order valence-electron chi connectivity index (χ2n) is 3.79. The zero-order valence-corrected chi connectivity index (χ0v) is 8.59. The second-order valence-corrected chi connectivity index (χ2v) is 3.79. The summed E-state index contributed by atoms with van der Waals surface area (Å²) >= 11 is 0. The molecular weight excluding hydrogens is 164 g/mol. The lowest BCUT2D eigenvalue weighted by atomic mass is 9.90. The third-order valence-electron chi connectivity index (χ3n) is 2.51. The third kappa shape index (κ3) is 1.97. The lowest BCUT2D eigenvalue weighted by molar-refractivity contribution is 0.101. The molecule has 0 aliphatic heterocycles. The predicted molar refractivity (Wildman–Crippen MR) is 51.8 cm³/mol. The molecular formula is C10H16N2O.